The van der Waals surface area contributed by atoms with Crippen LogP contribution in [-0.2, 0) is 11.3 Å². The molecule has 3 aromatic rings. The second-order valence-electron chi connectivity index (χ2n) is 7.06. The first-order valence-electron chi connectivity index (χ1n) is 9.48. The molecule has 0 aliphatic carbocycles. The van der Waals surface area contributed by atoms with Crippen LogP contribution in [0.25, 0.3) is 10.8 Å². The summed E-state index contributed by atoms with van der Waals surface area (Å²) in [7, 11) is 0. The number of aromatic nitrogens is 2. The monoisotopic (exact) mass is 426 g/mol. The van der Waals surface area contributed by atoms with Gasteiger partial charge in [-0.05, 0) is 36.4 Å². The first-order chi connectivity index (χ1) is 14.4. The molecule has 0 spiro atoms. The van der Waals surface area contributed by atoms with Gasteiger partial charge in [0.1, 0.15) is 6.54 Å². The van der Waals surface area contributed by atoms with Gasteiger partial charge in [0.2, 0.25) is 5.91 Å². The maximum Gasteiger partial charge on any atom is 0.273 e. The number of nitrogens with one attached hydrogen (secondary N) is 1. The Hall–Kier alpha value is -3.39. The van der Waals surface area contributed by atoms with Gasteiger partial charge in [0, 0.05) is 36.8 Å². The van der Waals surface area contributed by atoms with Gasteiger partial charge < -0.3 is 9.80 Å². The van der Waals surface area contributed by atoms with Gasteiger partial charge in [-0.15, -0.1) is 0 Å². The van der Waals surface area contributed by atoms with Crippen molar-refractivity contribution in [2.75, 3.05) is 26.2 Å². The molecule has 2 heterocycles. The first-order valence-corrected chi connectivity index (χ1v) is 9.86. The third-order valence-electron chi connectivity index (χ3n) is 5.19. The number of benzene rings is 2. The molecule has 154 valence electrons. The topological polar surface area (TPSA) is 95.5 Å². The van der Waals surface area contributed by atoms with E-state index in [2.05, 4.69) is 5.10 Å². The molecule has 8 nitrogen and oxygen atoms in total. The Bertz CT molecular complexity index is 1220. The predicted molar refractivity (Wildman–Crippen MR) is 113 cm³/mol. The molecule has 1 aliphatic heterocycles. The molecular formula is C21H19ClN4O4. The lowest BCUT2D eigenvalue weighted by Gasteiger charge is -2.34. The van der Waals surface area contributed by atoms with E-state index in [1.165, 1.54) is 0 Å². The number of nitrogens with zero attached hydrogens (tertiary/aromatic N) is 3. The van der Waals surface area contributed by atoms with Crippen molar-refractivity contribution >= 4 is 34.2 Å². The van der Waals surface area contributed by atoms with Crippen molar-refractivity contribution in [1.29, 1.82) is 0 Å². The summed E-state index contributed by atoms with van der Waals surface area (Å²) in [5.41, 5.74) is -0.300. The number of fused-ring (bicyclic) bond motifs is 1. The lowest BCUT2D eigenvalue weighted by molar-refractivity contribution is -0.133. The molecule has 1 saturated heterocycles. The van der Waals surface area contributed by atoms with E-state index in [0.29, 0.717) is 42.2 Å². The van der Waals surface area contributed by atoms with Crippen LogP contribution >= 0.6 is 11.6 Å². The molecule has 30 heavy (non-hydrogen) atoms. The van der Waals surface area contributed by atoms with E-state index >= 15 is 0 Å². The van der Waals surface area contributed by atoms with Crippen molar-refractivity contribution in [2.24, 2.45) is 0 Å². The number of carbonyl (C=O) groups is 2. The fourth-order valence-corrected chi connectivity index (χ4v) is 3.65. The predicted octanol–water partition coefficient (Wildman–Crippen LogP) is 1.33. The summed E-state index contributed by atoms with van der Waals surface area (Å²) < 4.78 is 1.04. The van der Waals surface area contributed by atoms with E-state index in [0.717, 1.165) is 4.68 Å². The van der Waals surface area contributed by atoms with E-state index in [9.17, 15) is 19.2 Å². The summed E-state index contributed by atoms with van der Waals surface area (Å²) in [6, 6.07) is 13.2. The van der Waals surface area contributed by atoms with Crippen LogP contribution in [0.5, 0.6) is 0 Å². The van der Waals surface area contributed by atoms with E-state index in [1.807, 2.05) is 0 Å². The molecule has 0 unspecified atom stereocenters. The molecular weight excluding hydrogens is 408 g/mol. The number of amides is 2. The quantitative estimate of drug-likeness (QED) is 0.683. The number of H-pyrrole nitrogens is 1. The molecule has 1 aliphatic rings. The smallest absolute Gasteiger partial charge is 0.273 e. The maximum absolute atomic E-state index is 12.7. The minimum Gasteiger partial charge on any atom is -0.338 e. The lowest BCUT2D eigenvalue weighted by Crippen LogP contribution is -2.52. The number of carbonyl (C=O) groups excluding carboxylic acids is 2. The Morgan fingerprint density at radius 3 is 2.13 bits per heavy atom. The molecule has 0 saturated carbocycles. The van der Waals surface area contributed by atoms with E-state index < -0.39 is 11.1 Å². The molecule has 0 bridgehead atoms. The van der Waals surface area contributed by atoms with Crippen LogP contribution in [0.4, 0.5) is 0 Å². The molecule has 2 amide bonds. The zero-order valence-corrected chi connectivity index (χ0v) is 16.8. The van der Waals surface area contributed by atoms with Gasteiger partial charge in [0.05, 0.1) is 10.8 Å². The molecule has 1 aromatic heterocycles. The summed E-state index contributed by atoms with van der Waals surface area (Å²) in [5, 5.41) is 3.59. The average molecular weight is 427 g/mol. The highest BCUT2D eigenvalue weighted by Crippen LogP contribution is 2.13. The molecule has 1 N–H and O–H groups in total. The van der Waals surface area contributed by atoms with Crippen molar-refractivity contribution in [3.05, 3.63) is 79.8 Å². The minimum atomic E-state index is -0.421. The number of rotatable bonds is 3. The summed E-state index contributed by atoms with van der Waals surface area (Å²) in [5.74, 6) is -0.407. The van der Waals surface area contributed by atoms with Crippen molar-refractivity contribution in [2.45, 2.75) is 6.54 Å². The van der Waals surface area contributed by atoms with Crippen molar-refractivity contribution in [1.82, 2.24) is 19.6 Å². The molecule has 9 heteroatoms. The van der Waals surface area contributed by atoms with Crippen LogP contribution in [0.2, 0.25) is 5.02 Å². The fraction of sp³-hybridized carbons (Fsp3) is 0.238. The highest BCUT2D eigenvalue weighted by atomic mass is 35.5. The van der Waals surface area contributed by atoms with Gasteiger partial charge in [-0.2, -0.15) is 0 Å². The number of piperazine rings is 1. The normalized spacial score (nSPS) is 14.2. The second kappa shape index (κ2) is 8.16. The van der Waals surface area contributed by atoms with Gasteiger partial charge in [0.15, 0.2) is 0 Å². The number of hydrogen-bond donors (Lipinski definition) is 1. The maximum atomic E-state index is 12.7. The Morgan fingerprint density at radius 1 is 0.867 bits per heavy atom. The van der Waals surface area contributed by atoms with Crippen LogP contribution in [-0.4, -0.2) is 57.6 Å². The van der Waals surface area contributed by atoms with E-state index in [-0.39, 0.29) is 23.7 Å². The molecule has 2 aromatic carbocycles. The fourth-order valence-electron chi connectivity index (χ4n) is 3.53. The number of halogens is 1. The number of hydrogen-bond acceptors (Lipinski definition) is 4. The van der Waals surface area contributed by atoms with Gasteiger partial charge in [-0.25, -0.2) is 4.68 Å². The van der Waals surface area contributed by atoms with Crippen LogP contribution in [0.1, 0.15) is 10.4 Å². The van der Waals surface area contributed by atoms with Crippen LogP contribution in [0.3, 0.4) is 0 Å². The summed E-state index contributed by atoms with van der Waals surface area (Å²) in [6.45, 7) is 1.21. The van der Waals surface area contributed by atoms with Gasteiger partial charge >= 0.3 is 0 Å². The lowest BCUT2D eigenvalue weighted by atomic mass is 10.2. The molecule has 0 radical (unpaired) electrons. The zero-order chi connectivity index (χ0) is 21.3. The number of aromatic amines is 1. The average Bonchev–Trinajstić information content (AvgIpc) is 2.77. The van der Waals surface area contributed by atoms with Gasteiger partial charge in [-0.1, -0.05) is 23.7 Å². The minimum absolute atomic E-state index is 0.117. The van der Waals surface area contributed by atoms with Gasteiger partial charge in [0.25, 0.3) is 17.0 Å². The zero-order valence-electron chi connectivity index (χ0n) is 16.0. The Labute approximate surface area is 176 Å². The highest BCUT2D eigenvalue weighted by Gasteiger charge is 2.25. The second-order valence-corrected chi connectivity index (χ2v) is 7.49. The largest absolute Gasteiger partial charge is 0.338 e. The van der Waals surface area contributed by atoms with Gasteiger partial charge in [-0.3, -0.25) is 24.3 Å². The standard InChI is InChI=1S/C21H19ClN4O4/c22-15-7-5-14(6-8-15)20(29)25-11-9-24(10-12-25)18(27)13-26-21(30)17-4-2-1-3-16(17)19(28)23-26/h1-8H,9-13H2,(H,23,28). The van der Waals surface area contributed by atoms with Crippen LogP contribution in [0.15, 0.2) is 58.1 Å². The van der Waals surface area contributed by atoms with Crippen molar-refractivity contribution < 1.29 is 9.59 Å². The Morgan fingerprint density at radius 2 is 1.47 bits per heavy atom. The van der Waals surface area contributed by atoms with E-state index in [4.69, 9.17) is 11.6 Å². The van der Waals surface area contributed by atoms with E-state index in [1.54, 1.807) is 58.3 Å². The SMILES string of the molecule is O=C(Cn1[nH]c(=O)c2ccccc2c1=O)N1CCN(C(=O)c2ccc(Cl)cc2)CC1. The first kappa shape index (κ1) is 19.9. The van der Waals surface area contributed by atoms with Crippen molar-refractivity contribution in [3.63, 3.8) is 0 Å². The molecule has 0 atom stereocenters. The Balaban J connectivity index is 1.43. The van der Waals surface area contributed by atoms with Crippen LogP contribution < -0.4 is 11.1 Å². The third kappa shape index (κ3) is 3.86. The third-order valence-corrected chi connectivity index (χ3v) is 5.44. The van der Waals surface area contributed by atoms with Crippen molar-refractivity contribution in [3.8, 4) is 0 Å². The Kier molecular flexibility index (Phi) is 5.41. The summed E-state index contributed by atoms with van der Waals surface area (Å²) in [6.07, 6.45) is 0. The molecule has 4 rings (SSSR count). The summed E-state index contributed by atoms with van der Waals surface area (Å²) in [4.78, 5) is 53.3. The molecule has 1 fully saturated rings. The highest BCUT2D eigenvalue weighted by molar-refractivity contribution is 6.30. The summed E-state index contributed by atoms with van der Waals surface area (Å²) >= 11 is 5.86. The van der Waals surface area contributed by atoms with Crippen LogP contribution in [0, 0.1) is 0 Å².